The molecule has 0 spiro atoms. The van der Waals surface area contributed by atoms with Crippen LogP contribution >= 0.6 is 11.5 Å². The summed E-state index contributed by atoms with van der Waals surface area (Å²) in [6.07, 6.45) is 2.47. The SMILES string of the molecule is Cc1nnsc1C(=O)N(C)C1CN(c2ccc(C3CC3)nn2)C1. The van der Waals surface area contributed by atoms with Crippen LogP contribution in [0.25, 0.3) is 0 Å². The van der Waals surface area contributed by atoms with Gasteiger partial charge in [0.15, 0.2) is 5.82 Å². The maximum atomic E-state index is 12.4. The molecule has 0 N–H and O–H groups in total. The molecule has 1 aliphatic heterocycles. The fourth-order valence-electron chi connectivity index (χ4n) is 2.74. The van der Waals surface area contributed by atoms with Crippen molar-refractivity contribution in [2.75, 3.05) is 25.0 Å². The van der Waals surface area contributed by atoms with Crippen molar-refractivity contribution in [3.05, 3.63) is 28.4 Å². The van der Waals surface area contributed by atoms with Crippen LogP contribution < -0.4 is 4.90 Å². The van der Waals surface area contributed by atoms with Gasteiger partial charge >= 0.3 is 0 Å². The summed E-state index contributed by atoms with van der Waals surface area (Å²) in [5.74, 6) is 1.51. The molecule has 1 saturated heterocycles. The maximum Gasteiger partial charge on any atom is 0.267 e. The predicted octanol–water partition coefficient (Wildman–Crippen LogP) is 1.47. The number of aryl methyl sites for hydroxylation is 1. The number of aromatic nitrogens is 4. The quantitative estimate of drug-likeness (QED) is 0.845. The topological polar surface area (TPSA) is 75.1 Å². The minimum atomic E-state index is -0.00249. The Labute approximate surface area is 138 Å². The first-order valence-corrected chi connectivity index (χ1v) is 8.55. The standard InChI is InChI=1S/C15H18N6OS/c1-9-14(23-19-16-9)15(22)20(2)11-7-21(8-11)13-6-5-12(17-18-13)10-3-4-10/h5-6,10-11H,3-4,7-8H2,1-2H3. The van der Waals surface area contributed by atoms with Gasteiger partial charge in [0.2, 0.25) is 0 Å². The summed E-state index contributed by atoms with van der Waals surface area (Å²) < 4.78 is 3.83. The van der Waals surface area contributed by atoms with Crippen LogP contribution in [0, 0.1) is 6.92 Å². The van der Waals surface area contributed by atoms with Gasteiger partial charge < -0.3 is 9.80 Å². The molecule has 7 nitrogen and oxygen atoms in total. The van der Waals surface area contributed by atoms with E-state index >= 15 is 0 Å². The first-order chi connectivity index (χ1) is 11.1. The monoisotopic (exact) mass is 330 g/mol. The molecule has 8 heteroatoms. The minimum absolute atomic E-state index is 0.00249. The van der Waals surface area contributed by atoms with E-state index in [9.17, 15) is 4.79 Å². The molecule has 1 aliphatic carbocycles. The van der Waals surface area contributed by atoms with Gasteiger partial charge in [0.25, 0.3) is 5.91 Å². The van der Waals surface area contributed by atoms with Crippen molar-refractivity contribution in [2.45, 2.75) is 31.7 Å². The van der Waals surface area contributed by atoms with Crippen molar-refractivity contribution in [1.82, 2.24) is 24.7 Å². The van der Waals surface area contributed by atoms with Crippen LogP contribution in [-0.2, 0) is 0 Å². The average Bonchev–Trinajstić information content (AvgIpc) is 3.27. The normalized spacial score (nSPS) is 17.9. The molecule has 0 bridgehead atoms. The first-order valence-electron chi connectivity index (χ1n) is 7.78. The Bertz CT molecular complexity index is 720. The highest BCUT2D eigenvalue weighted by atomic mass is 32.1. The van der Waals surface area contributed by atoms with Gasteiger partial charge in [-0.3, -0.25) is 4.79 Å². The predicted molar refractivity (Wildman–Crippen MR) is 86.7 cm³/mol. The highest BCUT2D eigenvalue weighted by Crippen LogP contribution is 2.38. The number of likely N-dealkylation sites (N-methyl/N-ethyl adjacent to an activating group) is 1. The van der Waals surface area contributed by atoms with E-state index in [-0.39, 0.29) is 11.9 Å². The van der Waals surface area contributed by atoms with Crippen LogP contribution in [0.1, 0.15) is 39.8 Å². The second kappa shape index (κ2) is 5.52. The number of amides is 1. The van der Waals surface area contributed by atoms with Crippen LogP contribution in [0.5, 0.6) is 0 Å². The van der Waals surface area contributed by atoms with Crippen LogP contribution in [0.2, 0.25) is 0 Å². The van der Waals surface area contributed by atoms with Gasteiger partial charge in [-0.05, 0) is 43.4 Å². The first kappa shape index (κ1) is 14.5. The van der Waals surface area contributed by atoms with Crippen molar-refractivity contribution in [3.63, 3.8) is 0 Å². The van der Waals surface area contributed by atoms with E-state index in [1.54, 1.807) is 4.90 Å². The highest BCUT2D eigenvalue weighted by Gasteiger charge is 2.35. The lowest BCUT2D eigenvalue weighted by Crippen LogP contribution is -2.60. The molecule has 1 amide bonds. The van der Waals surface area contributed by atoms with Crippen molar-refractivity contribution in [2.24, 2.45) is 0 Å². The van der Waals surface area contributed by atoms with Crippen molar-refractivity contribution < 1.29 is 4.79 Å². The molecule has 0 radical (unpaired) electrons. The molecule has 23 heavy (non-hydrogen) atoms. The molecule has 4 rings (SSSR count). The molecule has 3 heterocycles. The summed E-state index contributed by atoms with van der Waals surface area (Å²) >= 11 is 1.16. The summed E-state index contributed by atoms with van der Waals surface area (Å²) in [5.41, 5.74) is 1.80. The van der Waals surface area contributed by atoms with Crippen LogP contribution in [-0.4, -0.2) is 56.8 Å². The highest BCUT2D eigenvalue weighted by molar-refractivity contribution is 7.07. The number of nitrogens with zero attached hydrogens (tertiary/aromatic N) is 6. The molecule has 2 fully saturated rings. The Morgan fingerprint density at radius 1 is 1.26 bits per heavy atom. The summed E-state index contributed by atoms with van der Waals surface area (Å²) in [5, 5.41) is 12.5. The fourth-order valence-corrected chi connectivity index (χ4v) is 3.38. The number of hydrogen-bond acceptors (Lipinski definition) is 7. The Morgan fingerprint density at radius 3 is 2.61 bits per heavy atom. The molecule has 2 aromatic heterocycles. The van der Waals surface area contributed by atoms with Crippen molar-refractivity contribution in [3.8, 4) is 0 Å². The molecule has 1 saturated carbocycles. The molecule has 0 aromatic carbocycles. The Kier molecular flexibility index (Phi) is 3.48. The molecule has 2 aromatic rings. The Morgan fingerprint density at radius 2 is 2.04 bits per heavy atom. The number of hydrogen-bond donors (Lipinski definition) is 0. The van der Waals surface area contributed by atoms with Gasteiger partial charge in [0.1, 0.15) is 4.88 Å². The van der Waals surface area contributed by atoms with E-state index in [0.29, 0.717) is 16.5 Å². The minimum Gasteiger partial charge on any atom is -0.351 e. The lowest BCUT2D eigenvalue weighted by molar-refractivity contribution is 0.0709. The van der Waals surface area contributed by atoms with Crippen LogP contribution in [0.4, 0.5) is 5.82 Å². The molecule has 120 valence electrons. The lowest BCUT2D eigenvalue weighted by atomic mass is 10.1. The van der Waals surface area contributed by atoms with E-state index in [4.69, 9.17) is 0 Å². The Hall–Kier alpha value is -2.09. The van der Waals surface area contributed by atoms with E-state index < -0.39 is 0 Å². The second-order valence-electron chi connectivity index (χ2n) is 6.25. The second-order valence-corrected chi connectivity index (χ2v) is 7.01. The molecular formula is C15H18N6OS. The van der Waals surface area contributed by atoms with Gasteiger partial charge in [-0.15, -0.1) is 10.2 Å². The number of rotatable bonds is 4. The smallest absolute Gasteiger partial charge is 0.267 e. The molecule has 0 unspecified atom stereocenters. The van der Waals surface area contributed by atoms with E-state index in [0.717, 1.165) is 36.1 Å². The Balaban J connectivity index is 1.37. The molecular weight excluding hydrogens is 312 g/mol. The van der Waals surface area contributed by atoms with Gasteiger partial charge in [-0.1, -0.05) is 4.49 Å². The molecule has 0 atom stereocenters. The summed E-state index contributed by atoms with van der Waals surface area (Å²) in [7, 11) is 1.84. The zero-order valence-corrected chi connectivity index (χ0v) is 14.0. The number of anilines is 1. The van der Waals surface area contributed by atoms with Crippen LogP contribution in [0.15, 0.2) is 12.1 Å². The van der Waals surface area contributed by atoms with E-state index in [1.165, 1.54) is 12.8 Å². The van der Waals surface area contributed by atoms with Crippen molar-refractivity contribution in [1.29, 1.82) is 0 Å². The maximum absolute atomic E-state index is 12.4. The van der Waals surface area contributed by atoms with Gasteiger partial charge in [-0.25, -0.2) is 0 Å². The average molecular weight is 330 g/mol. The third-order valence-corrected chi connectivity index (χ3v) is 5.38. The molecule has 2 aliphatic rings. The van der Waals surface area contributed by atoms with E-state index in [1.807, 2.05) is 20.0 Å². The number of carbonyl (C=O) groups excluding carboxylic acids is 1. The summed E-state index contributed by atoms with van der Waals surface area (Å²) in [4.78, 5) is 17.0. The van der Waals surface area contributed by atoms with Crippen molar-refractivity contribution >= 4 is 23.3 Å². The largest absolute Gasteiger partial charge is 0.351 e. The number of carbonyl (C=O) groups is 1. The lowest BCUT2D eigenvalue weighted by Gasteiger charge is -2.44. The van der Waals surface area contributed by atoms with E-state index in [2.05, 4.69) is 30.8 Å². The summed E-state index contributed by atoms with van der Waals surface area (Å²) in [6.45, 7) is 3.38. The third-order valence-electron chi connectivity index (χ3n) is 4.57. The third kappa shape index (κ3) is 2.67. The summed E-state index contributed by atoms with van der Waals surface area (Å²) in [6, 6.07) is 4.30. The van der Waals surface area contributed by atoms with Gasteiger partial charge in [0.05, 0.1) is 17.4 Å². The van der Waals surface area contributed by atoms with Gasteiger partial charge in [0, 0.05) is 26.1 Å². The zero-order chi connectivity index (χ0) is 16.0. The van der Waals surface area contributed by atoms with Gasteiger partial charge in [-0.2, -0.15) is 5.10 Å². The fraction of sp³-hybridized carbons (Fsp3) is 0.533. The van der Waals surface area contributed by atoms with Crippen LogP contribution in [0.3, 0.4) is 0 Å². The zero-order valence-electron chi connectivity index (χ0n) is 13.1.